The zero-order chi connectivity index (χ0) is 21.2. The van der Waals surface area contributed by atoms with Gasteiger partial charge in [-0.2, -0.15) is 0 Å². The van der Waals surface area contributed by atoms with E-state index in [1.807, 2.05) is 30.5 Å². The second kappa shape index (κ2) is 8.30. The van der Waals surface area contributed by atoms with Crippen LogP contribution in [0.2, 0.25) is 0 Å². The van der Waals surface area contributed by atoms with Gasteiger partial charge in [0.2, 0.25) is 0 Å². The van der Waals surface area contributed by atoms with Crippen LogP contribution in [0.25, 0.3) is 33.8 Å². The number of carboxylic acid groups (broad SMARTS) is 1. The predicted octanol–water partition coefficient (Wildman–Crippen LogP) is 5.44. The molecular formula is C25H24N4O2. The van der Waals surface area contributed by atoms with E-state index in [-0.39, 0.29) is 0 Å². The number of nitrogens with one attached hydrogen (secondary N) is 1. The molecule has 0 saturated heterocycles. The van der Waals surface area contributed by atoms with E-state index >= 15 is 0 Å². The summed E-state index contributed by atoms with van der Waals surface area (Å²) in [5.41, 5.74) is 5.89. The Labute approximate surface area is 180 Å². The SMILES string of the molecule is O=C(O)CC1CCC(c2ccc(-c3ccc(-c4nc5ncccc5[nH]4)cn3)cc2)CC1. The van der Waals surface area contributed by atoms with Gasteiger partial charge in [0, 0.05) is 29.9 Å². The first-order chi connectivity index (χ1) is 15.2. The van der Waals surface area contributed by atoms with Crippen molar-refractivity contribution in [2.24, 2.45) is 5.92 Å². The summed E-state index contributed by atoms with van der Waals surface area (Å²) >= 11 is 0. The van der Waals surface area contributed by atoms with Crippen molar-refractivity contribution in [2.75, 3.05) is 0 Å². The van der Waals surface area contributed by atoms with Crippen molar-refractivity contribution in [3.8, 4) is 22.6 Å². The molecule has 6 heteroatoms. The number of aromatic nitrogens is 4. The van der Waals surface area contributed by atoms with Gasteiger partial charge in [0.1, 0.15) is 5.82 Å². The van der Waals surface area contributed by atoms with Crippen molar-refractivity contribution in [3.63, 3.8) is 0 Å². The summed E-state index contributed by atoms with van der Waals surface area (Å²) in [5.74, 6) is 0.944. The lowest BCUT2D eigenvalue weighted by atomic mass is 9.77. The number of hydrogen-bond acceptors (Lipinski definition) is 4. The van der Waals surface area contributed by atoms with Gasteiger partial charge < -0.3 is 10.1 Å². The van der Waals surface area contributed by atoms with Gasteiger partial charge in [-0.25, -0.2) is 9.97 Å². The second-order valence-corrected chi connectivity index (χ2v) is 8.33. The van der Waals surface area contributed by atoms with E-state index in [0.29, 0.717) is 23.9 Å². The second-order valence-electron chi connectivity index (χ2n) is 8.33. The van der Waals surface area contributed by atoms with E-state index in [2.05, 4.69) is 44.2 Å². The Morgan fingerprint density at radius 1 is 0.968 bits per heavy atom. The van der Waals surface area contributed by atoms with Crippen LogP contribution in [0.4, 0.5) is 0 Å². The standard InChI is InChI=1S/C25H24N4O2/c30-23(31)14-16-3-5-17(6-4-16)18-7-9-19(10-8-18)21-12-11-20(15-27-21)24-28-22-2-1-13-26-25(22)29-24/h1-2,7-13,15-17H,3-6,14H2,(H,30,31)(H,26,28,29). The number of H-pyrrole nitrogens is 1. The molecule has 0 atom stereocenters. The van der Waals surface area contributed by atoms with Crippen molar-refractivity contribution in [2.45, 2.75) is 38.0 Å². The Morgan fingerprint density at radius 3 is 2.42 bits per heavy atom. The van der Waals surface area contributed by atoms with Crippen LogP contribution in [-0.2, 0) is 4.79 Å². The summed E-state index contributed by atoms with van der Waals surface area (Å²) < 4.78 is 0. The van der Waals surface area contributed by atoms with Crippen LogP contribution in [0.3, 0.4) is 0 Å². The third kappa shape index (κ3) is 4.19. The van der Waals surface area contributed by atoms with Gasteiger partial charge in [0.15, 0.2) is 5.65 Å². The van der Waals surface area contributed by atoms with Gasteiger partial charge in [-0.3, -0.25) is 9.78 Å². The summed E-state index contributed by atoms with van der Waals surface area (Å²) in [5, 5.41) is 8.99. The monoisotopic (exact) mass is 412 g/mol. The minimum Gasteiger partial charge on any atom is -0.481 e. The Morgan fingerprint density at radius 2 is 1.74 bits per heavy atom. The third-order valence-corrected chi connectivity index (χ3v) is 6.28. The van der Waals surface area contributed by atoms with Crippen LogP contribution in [0.5, 0.6) is 0 Å². The van der Waals surface area contributed by atoms with Gasteiger partial charge in [-0.1, -0.05) is 24.3 Å². The first-order valence-electron chi connectivity index (χ1n) is 10.7. The average molecular weight is 412 g/mol. The fourth-order valence-electron chi connectivity index (χ4n) is 4.56. The van der Waals surface area contributed by atoms with E-state index in [9.17, 15) is 4.79 Å². The maximum absolute atomic E-state index is 10.9. The van der Waals surface area contributed by atoms with Crippen LogP contribution in [0.15, 0.2) is 60.9 Å². The minimum absolute atomic E-state index is 0.303. The highest BCUT2D eigenvalue weighted by Gasteiger charge is 2.24. The summed E-state index contributed by atoms with van der Waals surface area (Å²) in [7, 11) is 0. The molecule has 1 aromatic carbocycles. The summed E-state index contributed by atoms with van der Waals surface area (Å²) in [6.45, 7) is 0. The number of aromatic amines is 1. The van der Waals surface area contributed by atoms with E-state index in [0.717, 1.165) is 53.8 Å². The first-order valence-corrected chi connectivity index (χ1v) is 10.7. The molecule has 1 aliphatic carbocycles. The molecule has 31 heavy (non-hydrogen) atoms. The van der Waals surface area contributed by atoms with E-state index < -0.39 is 5.97 Å². The fraction of sp³-hybridized carbons (Fsp3) is 0.280. The quantitative estimate of drug-likeness (QED) is 0.456. The topological polar surface area (TPSA) is 91.8 Å². The lowest BCUT2D eigenvalue weighted by Gasteiger charge is -2.28. The van der Waals surface area contributed by atoms with Crippen LogP contribution >= 0.6 is 0 Å². The smallest absolute Gasteiger partial charge is 0.303 e. The van der Waals surface area contributed by atoms with Crippen LogP contribution < -0.4 is 0 Å². The van der Waals surface area contributed by atoms with E-state index in [4.69, 9.17) is 5.11 Å². The Balaban J connectivity index is 1.27. The molecule has 2 N–H and O–H groups in total. The molecule has 0 aliphatic heterocycles. The molecule has 3 heterocycles. The number of pyridine rings is 2. The molecule has 5 rings (SSSR count). The summed E-state index contributed by atoms with van der Waals surface area (Å²) in [6.07, 6.45) is 8.01. The molecular weight excluding hydrogens is 388 g/mol. The fourth-order valence-corrected chi connectivity index (χ4v) is 4.56. The Bertz CT molecular complexity index is 1160. The highest BCUT2D eigenvalue weighted by Crippen LogP contribution is 2.37. The maximum Gasteiger partial charge on any atom is 0.303 e. The molecule has 0 amide bonds. The van der Waals surface area contributed by atoms with Gasteiger partial charge >= 0.3 is 5.97 Å². The number of rotatable bonds is 5. The maximum atomic E-state index is 10.9. The number of benzene rings is 1. The molecule has 0 unspecified atom stereocenters. The van der Waals surface area contributed by atoms with Crippen molar-refractivity contribution in [3.05, 3.63) is 66.5 Å². The predicted molar refractivity (Wildman–Crippen MR) is 120 cm³/mol. The number of carbonyl (C=O) groups is 1. The first kappa shape index (κ1) is 19.4. The molecule has 0 bridgehead atoms. The molecule has 6 nitrogen and oxygen atoms in total. The highest BCUT2D eigenvalue weighted by molar-refractivity contribution is 5.75. The largest absolute Gasteiger partial charge is 0.481 e. The van der Waals surface area contributed by atoms with Crippen LogP contribution in [-0.4, -0.2) is 31.0 Å². The number of fused-ring (bicyclic) bond motifs is 1. The number of aliphatic carboxylic acids is 1. The van der Waals surface area contributed by atoms with Crippen molar-refractivity contribution < 1.29 is 9.90 Å². The lowest BCUT2D eigenvalue weighted by Crippen LogP contribution is -2.16. The third-order valence-electron chi connectivity index (χ3n) is 6.28. The molecule has 0 spiro atoms. The minimum atomic E-state index is -0.677. The van der Waals surface area contributed by atoms with Crippen molar-refractivity contribution in [1.82, 2.24) is 19.9 Å². The lowest BCUT2D eigenvalue weighted by molar-refractivity contribution is -0.138. The zero-order valence-electron chi connectivity index (χ0n) is 17.2. The Hall–Kier alpha value is -3.54. The molecule has 3 aromatic heterocycles. The number of imidazole rings is 1. The molecule has 1 fully saturated rings. The van der Waals surface area contributed by atoms with Crippen molar-refractivity contribution >= 4 is 17.1 Å². The molecule has 1 saturated carbocycles. The molecule has 4 aromatic rings. The van der Waals surface area contributed by atoms with Gasteiger partial charge in [-0.05, 0) is 67.3 Å². The zero-order valence-corrected chi connectivity index (χ0v) is 17.2. The van der Waals surface area contributed by atoms with Gasteiger partial charge in [0.05, 0.1) is 11.2 Å². The van der Waals surface area contributed by atoms with Crippen molar-refractivity contribution in [1.29, 1.82) is 0 Å². The highest BCUT2D eigenvalue weighted by atomic mass is 16.4. The molecule has 0 radical (unpaired) electrons. The summed E-state index contributed by atoms with van der Waals surface area (Å²) in [4.78, 5) is 27.6. The van der Waals surface area contributed by atoms with E-state index in [1.165, 1.54) is 5.56 Å². The normalized spacial score (nSPS) is 18.8. The number of carboxylic acids is 1. The number of nitrogens with zero attached hydrogens (tertiary/aromatic N) is 3. The van der Waals surface area contributed by atoms with Crippen LogP contribution in [0, 0.1) is 5.92 Å². The molecule has 156 valence electrons. The van der Waals surface area contributed by atoms with Crippen LogP contribution in [0.1, 0.15) is 43.6 Å². The van der Waals surface area contributed by atoms with Gasteiger partial charge in [-0.15, -0.1) is 0 Å². The average Bonchev–Trinajstić information content (AvgIpc) is 3.24. The van der Waals surface area contributed by atoms with Gasteiger partial charge in [0.25, 0.3) is 0 Å². The van der Waals surface area contributed by atoms with E-state index in [1.54, 1.807) is 6.20 Å². The molecule has 1 aliphatic rings. The number of hydrogen-bond donors (Lipinski definition) is 2. The Kier molecular flexibility index (Phi) is 5.20. The summed E-state index contributed by atoms with van der Waals surface area (Å²) in [6, 6.07) is 16.5.